The molecule has 1 heterocycles. The molecule has 3 rings (SSSR count). The largest absolute Gasteiger partial charge is 0.495 e. The van der Waals surface area contributed by atoms with E-state index in [4.69, 9.17) is 4.74 Å². The van der Waals surface area contributed by atoms with Crippen LogP contribution in [0.25, 0.3) is 0 Å². The van der Waals surface area contributed by atoms with E-state index < -0.39 is 0 Å². The molecule has 4 heteroatoms. The van der Waals surface area contributed by atoms with Crippen molar-refractivity contribution in [2.24, 2.45) is 0 Å². The summed E-state index contributed by atoms with van der Waals surface area (Å²) in [6, 6.07) is 16.8. The molecule has 0 unspecified atom stereocenters. The van der Waals surface area contributed by atoms with Crippen LogP contribution in [0, 0.1) is 18.3 Å². The Labute approximate surface area is 143 Å². The van der Waals surface area contributed by atoms with E-state index in [1.165, 1.54) is 5.56 Å². The van der Waals surface area contributed by atoms with Crippen molar-refractivity contribution in [3.05, 3.63) is 59.2 Å². The molecule has 0 bridgehead atoms. The normalized spacial score (nSPS) is 15.1. The quantitative estimate of drug-likeness (QED) is 0.867. The molecule has 1 aliphatic heterocycles. The van der Waals surface area contributed by atoms with E-state index in [0.29, 0.717) is 5.56 Å². The van der Waals surface area contributed by atoms with Gasteiger partial charge in [-0.1, -0.05) is 30.3 Å². The Kier molecular flexibility index (Phi) is 5.02. The third-order valence-electron chi connectivity index (χ3n) is 4.61. The van der Waals surface area contributed by atoms with Gasteiger partial charge >= 0.3 is 0 Å². The van der Waals surface area contributed by atoms with E-state index in [2.05, 4.69) is 52.3 Å². The number of benzene rings is 2. The van der Waals surface area contributed by atoms with Crippen LogP contribution in [-0.2, 0) is 6.54 Å². The van der Waals surface area contributed by atoms with E-state index in [1.807, 2.05) is 13.0 Å². The zero-order chi connectivity index (χ0) is 16.9. The Morgan fingerprint density at radius 2 is 1.79 bits per heavy atom. The van der Waals surface area contributed by atoms with Crippen LogP contribution in [-0.4, -0.2) is 38.2 Å². The highest BCUT2D eigenvalue weighted by molar-refractivity contribution is 5.64. The van der Waals surface area contributed by atoms with Crippen molar-refractivity contribution < 1.29 is 4.74 Å². The molecule has 1 fully saturated rings. The highest BCUT2D eigenvalue weighted by Gasteiger charge is 2.20. The minimum absolute atomic E-state index is 0.679. The van der Waals surface area contributed by atoms with Crippen molar-refractivity contribution in [2.45, 2.75) is 13.5 Å². The lowest BCUT2D eigenvalue weighted by Crippen LogP contribution is -2.46. The first-order chi connectivity index (χ1) is 11.7. The maximum Gasteiger partial charge on any atom is 0.143 e. The predicted octanol–water partition coefficient (Wildman–Crippen LogP) is 3.20. The smallest absolute Gasteiger partial charge is 0.143 e. The number of ether oxygens (including phenoxy) is 1. The second-order valence-corrected chi connectivity index (χ2v) is 6.20. The van der Waals surface area contributed by atoms with Gasteiger partial charge in [0.15, 0.2) is 0 Å². The van der Waals surface area contributed by atoms with Crippen molar-refractivity contribution in [3.63, 3.8) is 0 Å². The summed E-state index contributed by atoms with van der Waals surface area (Å²) < 4.78 is 5.51. The third kappa shape index (κ3) is 3.52. The van der Waals surface area contributed by atoms with Crippen LogP contribution in [0.4, 0.5) is 5.69 Å². The Balaban J connectivity index is 1.68. The fourth-order valence-electron chi connectivity index (χ4n) is 3.19. The molecule has 0 saturated carbocycles. The van der Waals surface area contributed by atoms with Crippen molar-refractivity contribution in [1.82, 2.24) is 4.90 Å². The summed E-state index contributed by atoms with van der Waals surface area (Å²) in [6.45, 7) is 6.96. The third-order valence-corrected chi connectivity index (χ3v) is 4.61. The van der Waals surface area contributed by atoms with Crippen LogP contribution in [0.3, 0.4) is 0 Å². The maximum absolute atomic E-state index is 9.19. The van der Waals surface area contributed by atoms with Gasteiger partial charge < -0.3 is 9.64 Å². The highest BCUT2D eigenvalue weighted by atomic mass is 16.5. The number of rotatable bonds is 4. The number of aryl methyl sites for hydroxylation is 1. The molecule has 4 nitrogen and oxygen atoms in total. The molecule has 0 spiro atoms. The summed E-state index contributed by atoms with van der Waals surface area (Å²) in [5, 5.41) is 9.19. The van der Waals surface area contributed by atoms with Crippen LogP contribution >= 0.6 is 0 Å². The van der Waals surface area contributed by atoms with E-state index >= 15 is 0 Å². The van der Waals surface area contributed by atoms with Gasteiger partial charge in [0.25, 0.3) is 0 Å². The number of methoxy groups -OCH3 is 1. The molecule has 1 saturated heterocycles. The summed E-state index contributed by atoms with van der Waals surface area (Å²) in [7, 11) is 1.67. The second-order valence-electron chi connectivity index (χ2n) is 6.20. The predicted molar refractivity (Wildman–Crippen MR) is 96.4 cm³/mol. The summed E-state index contributed by atoms with van der Waals surface area (Å²) >= 11 is 0. The topological polar surface area (TPSA) is 39.5 Å². The molecule has 124 valence electrons. The zero-order valence-electron chi connectivity index (χ0n) is 14.3. The molecule has 0 aliphatic carbocycles. The van der Waals surface area contributed by atoms with E-state index in [-0.39, 0.29) is 0 Å². The molecule has 0 N–H and O–H groups in total. The van der Waals surface area contributed by atoms with Gasteiger partial charge in [0.05, 0.1) is 24.4 Å². The fourth-order valence-corrected chi connectivity index (χ4v) is 3.19. The minimum Gasteiger partial charge on any atom is -0.495 e. The Morgan fingerprint density at radius 3 is 2.42 bits per heavy atom. The van der Waals surface area contributed by atoms with Crippen molar-refractivity contribution in [1.29, 1.82) is 5.26 Å². The van der Waals surface area contributed by atoms with Crippen molar-refractivity contribution in [2.75, 3.05) is 38.2 Å². The number of hydrogen-bond donors (Lipinski definition) is 0. The summed E-state index contributed by atoms with van der Waals surface area (Å²) in [5.41, 5.74) is 4.13. The van der Waals surface area contributed by atoms with Crippen molar-refractivity contribution in [3.8, 4) is 11.8 Å². The second kappa shape index (κ2) is 7.37. The minimum atomic E-state index is 0.679. The first-order valence-electron chi connectivity index (χ1n) is 8.31. The maximum atomic E-state index is 9.19. The Morgan fingerprint density at radius 1 is 1.08 bits per heavy atom. The van der Waals surface area contributed by atoms with Gasteiger partial charge in [-0.25, -0.2) is 0 Å². The van der Waals surface area contributed by atoms with Gasteiger partial charge in [0.2, 0.25) is 0 Å². The lowest BCUT2D eigenvalue weighted by molar-refractivity contribution is 0.249. The standard InChI is InChI=1S/C20H23N3O/c1-16-12-19(20(24-2)13-18(16)14-21)23-10-8-22(9-11-23)15-17-6-4-3-5-7-17/h3-7,12-13H,8-11,15H2,1-2H3. The van der Waals surface area contributed by atoms with Crippen molar-refractivity contribution >= 4 is 5.69 Å². The number of piperazine rings is 1. The lowest BCUT2D eigenvalue weighted by atomic mass is 10.1. The first kappa shape index (κ1) is 16.4. The molecular formula is C20H23N3O. The molecule has 0 radical (unpaired) electrons. The van der Waals surface area contributed by atoms with E-state index in [9.17, 15) is 5.26 Å². The molecule has 0 atom stereocenters. The zero-order valence-corrected chi connectivity index (χ0v) is 14.3. The molecule has 0 aromatic heterocycles. The van der Waals surface area contributed by atoms with Gasteiger partial charge in [-0.05, 0) is 24.1 Å². The van der Waals surface area contributed by atoms with E-state index in [0.717, 1.165) is 49.7 Å². The SMILES string of the molecule is COc1cc(C#N)c(C)cc1N1CCN(Cc2ccccc2)CC1. The number of nitrogens with zero attached hydrogens (tertiary/aromatic N) is 3. The summed E-state index contributed by atoms with van der Waals surface area (Å²) in [5.74, 6) is 0.786. The van der Waals surface area contributed by atoms with Crippen LogP contribution in [0.1, 0.15) is 16.7 Å². The average molecular weight is 321 g/mol. The average Bonchev–Trinajstić information content (AvgIpc) is 2.63. The molecule has 0 amide bonds. The summed E-state index contributed by atoms with van der Waals surface area (Å²) in [4.78, 5) is 4.84. The molecular weight excluding hydrogens is 298 g/mol. The Bertz CT molecular complexity index is 729. The monoisotopic (exact) mass is 321 g/mol. The molecule has 24 heavy (non-hydrogen) atoms. The first-order valence-corrected chi connectivity index (χ1v) is 8.31. The molecule has 1 aliphatic rings. The lowest BCUT2D eigenvalue weighted by Gasteiger charge is -2.36. The fraction of sp³-hybridized carbons (Fsp3) is 0.350. The number of hydrogen-bond acceptors (Lipinski definition) is 4. The van der Waals surface area contributed by atoms with Crippen LogP contribution < -0.4 is 9.64 Å². The highest BCUT2D eigenvalue weighted by Crippen LogP contribution is 2.32. The Hall–Kier alpha value is -2.51. The number of nitriles is 1. The van der Waals surface area contributed by atoms with Gasteiger partial charge in [0.1, 0.15) is 5.75 Å². The van der Waals surface area contributed by atoms with Gasteiger partial charge in [-0.3, -0.25) is 4.90 Å². The van der Waals surface area contributed by atoms with Gasteiger partial charge in [-0.2, -0.15) is 5.26 Å². The summed E-state index contributed by atoms with van der Waals surface area (Å²) in [6.07, 6.45) is 0. The van der Waals surface area contributed by atoms with Gasteiger partial charge in [0, 0.05) is 38.8 Å². The van der Waals surface area contributed by atoms with Gasteiger partial charge in [-0.15, -0.1) is 0 Å². The molecule has 2 aromatic carbocycles. The van der Waals surface area contributed by atoms with Crippen LogP contribution in [0.2, 0.25) is 0 Å². The van der Waals surface area contributed by atoms with Crippen LogP contribution in [0.15, 0.2) is 42.5 Å². The molecule has 2 aromatic rings. The number of anilines is 1. The van der Waals surface area contributed by atoms with E-state index in [1.54, 1.807) is 7.11 Å². The van der Waals surface area contributed by atoms with Crippen LogP contribution in [0.5, 0.6) is 5.75 Å².